The van der Waals surface area contributed by atoms with E-state index >= 15 is 0 Å². The summed E-state index contributed by atoms with van der Waals surface area (Å²) in [6, 6.07) is 0. The maximum absolute atomic E-state index is 5.62. The highest BCUT2D eigenvalue weighted by Gasteiger charge is 2.31. The zero-order valence-corrected chi connectivity index (χ0v) is 7.66. The van der Waals surface area contributed by atoms with Crippen LogP contribution in [0.1, 0.15) is 24.2 Å². The molecule has 0 aromatic carbocycles. The number of aromatic amines is 1. The first-order valence-corrected chi connectivity index (χ1v) is 4.52. The van der Waals surface area contributed by atoms with Gasteiger partial charge >= 0.3 is 0 Å². The average molecular weight is 182 g/mol. The zero-order valence-electron chi connectivity index (χ0n) is 7.66. The normalized spacial score (nSPS) is 28.2. The molecule has 1 saturated heterocycles. The molecule has 0 saturated carbocycles. The second-order valence-corrected chi connectivity index (χ2v) is 3.35. The maximum Gasteiger partial charge on any atom is 0.179 e. The van der Waals surface area contributed by atoms with E-state index in [1.807, 2.05) is 6.92 Å². The topological polar surface area (TPSA) is 76.8 Å². The number of rotatable bonds is 2. The van der Waals surface area contributed by atoms with Crippen molar-refractivity contribution < 1.29 is 4.74 Å². The molecule has 1 aliphatic rings. The maximum atomic E-state index is 5.62. The fraction of sp³-hybridized carbons (Fsp3) is 0.750. The highest BCUT2D eigenvalue weighted by atomic mass is 16.5. The van der Waals surface area contributed by atoms with Gasteiger partial charge in [0, 0.05) is 12.5 Å². The van der Waals surface area contributed by atoms with Crippen molar-refractivity contribution in [2.24, 2.45) is 11.7 Å². The van der Waals surface area contributed by atoms with Crippen LogP contribution in [0.4, 0.5) is 0 Å². The third-order valence-corrected chi connectivity index (χ3v) is 2.39. The lowest BCUT2D eigenvalue weighted by Gasteiger charge is -2.12. The van der Waals surface area contributed by atoms with Crippen LogP contribution in [0.15, 0.2) is 0 Å². The van der Waals surface area contributed by atoms with Gasteiger partial charge < -0.3 is 10.5 Å². The molecular weight excluding hydrogens is 168 g/mol. The molecule has 0 amide bonds. The van der Waals surface area contributed by atoms with Crippen molar-refractivity contribution in [2.45, 2.75) is 19.4 Å². The van der Waals surface area contributed by atoms with Gasteiger partial charge in [-0.05, 0) is 19.9 Å². The van der Waals surface area contributed by atoms with Gasteiger partial charge in [0.2, 0.25) is 0 Å². The molecule has 13 heavy (non-hydrogen) atoms. The van der Waals surface area contributed by atoms with Gasteiger partial charge in [-0.1, -0.05) is 0 Å². The van der Waals surface area contributed by atoms with E-state index in [9.17, 15) is 0 Å². The minimum absolute atomic E-state index is 0.00468. The SMILES string of the molecule is Cc1nc([C@@H]2OCC[C@@H]2CN)n[nH]1. The molecule has 5 nitrogen and oxygen atoms in total. The van der Waals surface area contributed by atoms with Gasteiger partial charge in [0.15, 0.2) is 5.82 Å². The van der Waals surface area contributed by atoms with Crippen molar-refractivity contribution in [1.29, 1.82) is 0 Å². The summed E-state index contributed by atoms with van der Waals surface area (Å²) in [5.74, 6) is 1.93. The van der Waals surface area contributed by atoms with Crippen LogP contribution in [0, 0.1) is 12.8 Å². The molecule has 2 rings (SSSR count). The van der Waals surface area contributed by atoms with Gasteiger partial charge in [0.05, 0.1) is 0 Å². The number of ether oxygens (including phenoxy) is 1. The minimum Gasteiger partial charge on any atom is -0.370 e. The number of nitrogens with one attached hydrogen (secondary N) is 1. The highest BCUT2D eigenvalue weighted by Crippen LogP contribution is 2.31. The first kappa shape index (κ1) is 8.65. The summed E-state index contributed by atoms with van der Waals surface area (Å²) < 4.78 is 5.53. The summed E-state index contributed by atoms with van der Waals surface area (Å²) in [6.07, 6.45) is 1.00. The number of aryl methyl sites for hydroxylation is 1. The summed E-state index contributed by atoms with van der Waals surface area (Å²) in [7, 11) is 0. The molecule has 1 fully saturated rings. The van der Waals surface area contributed by atoms with Gasteiger partial charge in [-0.2, -0.15) is 5.10 Å². The lowest BCUT2D eigenvalue weighted by atomic mass is 10.0. The van der Waals surface area contributed by atoms with Crippen LogP contribution in [-0.2, 0) is 4.74 Å². The molecule has 0 radical (unpaired) electrons. The highest BCUT2D eigenvalue weighted by molar-refractivity contribution is 4.97. The number of aromatic nitrogens is 3. The average Bonchev–Trinajstić information content (AvgIpc) is 2.71. The number of hydrogen-bond donors (Lipinski definition) is 2. The molecule has 0 bridgehead atoms. The Morgan fingerprint density at radius 1 is 1.69 bits per heavy atom. The lowest BCUT2D eigenvalue weighted by Crippen LogP contribution is -2.18. The molecule has 0 spiro atoms. The molecule has 5 heteroatoms. The third-order valence-electron chi connectivity index (χ3n) is 2.39. The predicted molar refractivity (Wildman–Crippen MR) is 47.0 cm³/mol. The van der Waals surface area contributed by atoms with Crippen LogP contribution in [0.3, 0.4) is 0 Å². The quantitative estimate of drug-likeness (QED) is 0.682. The number of nitrogens with two attached hydrogens (primary N) is 1. The van der Waals surface area contributed by atoms with Crippen molar-refractivity contribution in [3.63, 3.8) is 0 Å². The van der Waals surface area contributed by atoms with E-state index in [1.54, 1.807) is 0 Å². The first-order chi connectivity index (χ1) is 6.31. The van der Waals surface area contributed by atoms with E-state index in [2.05, 4.69) is 15.2 Å². The molecule has 72 valence electrons. The Bertz CT molecular complexity index is 285. The Hall–Kier alpha value is -0.940. The van der Waals surface area contributed by atoms with Crippen LogP contribution in [-0.4, -0.2) is 28.3 Å². The van der Waals surface area contributed by atoms with Crippen LogP contribution in [0.5, 0.6) is 0 Å². The second-order valence-electron chi connectivity index (χ2n) is 3.35. The summed E-state index contributed by atoms with van der Waals surface area (Å²) in [5, 5.41) is 6.89. The Morgan fingerprint density at radius 2 is 2.54 bits per heavy atom. The standard InChI is InChI=1S/C8H14N4O/c1-5-10-8(12-11-5)7-6(4-9)2-3-13-7/h6-7H,2-4,9H2,1H3,(H,10,11,12)/t6-,7-/m1/s1. The third kappa shape index (κ3) is 1.57. The number of H-pyrrole nitrogens is 1. The lowest BCUT2D eigenvalue weighted by molar-refractivity contribution is 0.0855. The predicted octanol–water partition coefficient (Wildman–Crippen LogP) is 0.149. The van der Waals surface area contributed by atoms with Gasteiger partial charge in [-0.25, -0.2) is 4.98 Å². The van der Waals surface area contributed by atoms with Crippen LogP contribution in [0.25, 0.3) is 0 Å². The van der Waals surface area contributed by atoms with Gasteiger partial charge in [-0.15, -0.1) is 0 Å². The zero-order chi connectivity index (χ0) is 9.26. The van der Waals surface area contributed by atoms with Crippen molar-refractivity contribution in [2.75, 3.05) is 13.2 Å². The largest absolute Gasteiger partial charge is 0.370 e. The second kappa shape index (κ2) is 3.43. The summed E-state index contributed by atoms with van der Waals surface area (Å²) in [6.45, 7) is 3.28. The Kier molecular flexibility index (Phi) is 2.28. The number of hydrogen-bond acceptors (Lipinski definition) is 4. The van der Waals surface area contributed by atoms with Crippen molar-refractivity contribution in [3.8, 4) is 0 Å². The Balaban J connectivity index is 2.15. The molecule has 3 N–H and O–H groups in total. The fourth-order valence-electron chi connectivity index (χ4n) is 1.65. The van der Waals surface area contributed by atoms with Crippen molar-refractivity contribution >= 4 is 0 Å². The van der Waals surface area contributed by atoms with Gasteiger partial charge in [0.25, 0.3) is 0 Å². The van der Waals surface area contributed by atoms with Crippen LogP contribution < -0.4 is 5.73 Å². The van der Waals surface area contributed by atoms with Crippen LogP contribution >= 0.6 is 0 Å². The van der Waals surface area contributed by atoms with Gasteiger partial charge in [0.1, 0.15) is 11.9 Å². The van der Waals surface area contributed by atoms with Crippen LogP contribution in [0.2, 0.25) is 0 Å². The van der Waals surface area contributed by atoms with E-state index < -0.39 is 0 Å². The van der Waals surface area contributed by atoms with E-state index in [1.165, 1.54) is 0 Å². The van der Waals surface area contributed by atoms with Crippen molar-refractivity contribution in [3.05, 3.63) is 11.6 Å². The molecule has 1 aliphatic heterocycles. The summed E-state index contributed by atoms with van der Waals surface area (Å²) in [4.78, 5) is 4.24. The molecule has 2 atom stereocenters. The Labute approximate surface area is 76.7 Å². The molecule has 0 unspecified atom stereocenters. The van der Waals surface area contributed by atoms with E-state index in [-0.39, 0.29) is 6.10 Å². The fourth-order valence-corrected chi connectivity index (χ4v) is 1.65. The van der Waals surface area contributed by atoms with E-state index in [4.69, 9.17) is 10.5 Å². The molecular formula is C8H14N4O. The Morgan fingerprint density at radius 3 is 3.15 bits per heavy atom. The molecule has 2 heterocycles. The van der Waals surface area contributed by atoms with Gasteiger partial charge in [-0.3, -0.25) is 5.10 Å². The van der Waals surface area contributed by atoms with Crippen molar-refractivity contribution in [1.82, 2.24) is 15.2 Å². The summed E-state index contributed by atoms with van der Waals surface area (Å²) >= 11 is 0. The molecule has 1 aromatic rings. The monoisotopic (exact) mass is 182 g/mol. The van der Waals surface area contributed by atoms with E-state index in [0.29, 0.717) is 12.5 Å². The smallest absolute Gasteiger partial charge is 0.179 e. The molecule has 0 aliphatic carbocycles. The molecule has 1 aromatic heterocycles. The summed E-state index contributed by atoms with van der Waals surface area (Å²) in [5.41, 5.74) is 5.62. The number of nitrogens with zero attached hydrogens (tertiary/aromatic N) is 2. The van der Waals surface area contributed by atoms with E-state index in [0.717, 1.165) is 24.7 Å². The first-order valence-electron chi connectivity index (χ1n) is 4.52. The minimum atomic E-state index is -0.00468.